The zero-order valence-electron chi connectivity index (χ0n) is 13.6. The first-order chi connectivity index (χ1) is 11.1. The number of hydrogen-bond donors (Lipinski definition) is 1. The molecule has 0 unspecified atom stereocenters. The molecule has 1 N–H and O–H groups in total. The number of sulfonamides is 1. The highest BCUT2D eigenvalue weighted by Gasteiger charge is 2.35. The molecule has 1 atom stereocenters. The summed E-state index contributed by atoms with van der Waals surface area (Å²) in [5.74, 6) is 1.31. The number of imidazole rings is 1. The van der Waals surface area contributed by atoms with Crippen LogP contribution < -0.4 is 0 Å². The maximum absolute atomic E-state index is 12.8. The SMILES string of the molecule is CCN1CCN(S(=O)(=O)CC2CCOCC2)C[C@H]1c1ncc[nH]1. The van der Waals surface area contributed by atoms with Gasteiger partial charge in [0.15, 0.2) is 0 Å². The summed E-state index contributed by atoms with van der Waals surface area (Å²) in [5, 5.41) is 0. The molecule has 0 bridgehead atoms. The van der Waals surface area contributed by atoms with Crippen molar-refractivity contribution in [3.05, 3.63) is 18.2 Å². The van der Waals surface area contributed by atoms with Crippen LogP contribution in [-0.4, -0.2) is 72.7 Å². The fraction of sp³-hybridized carbons (Fsp3) is 0.800. The normalized spacial score (nSPS) is 25.7. The van der Waals surface area contributed by atoms with Gasteiger partial charge in [0.25, 0.3) is 0 Å². The van der Waals surface area contributed by atoms with Crippen LogP contribution in [0.25, 0.3) is 0 Å². The van der Waals surface area contributed by atoms with Crippen molar-refractivity contribution < 1.29 is 13.2 Å². The van der Waals surface area contributed by atoms with Crippen molar-refractivity contribution in [1.29, 1.82) is 0 Å². The molecule has 2 aliphatic rings. The van der Waals surface area contributed by atoms with Crippen LogP contribution in [0, 0.1) is 5.92 Å². The molecule has 0 spiro atoms. The zero-order valence-corrected chi connectivity index (χ0v) is 14.5. The lowest BCUT2D eigenvalue weighted by molar-refractivity contribution is 0.0714. The van der Waals surface area contributed by atoms with Crippen LogP contribution in [-0.2, 0) is 14.8 Å². The highest BCUT2D eigenvalue weighted by atomic mass is 32.2. The van der Waals surface area contributed by atoms with Gasteiger partial charge in [-0.25, -0.2) is 13.4 Å². The molecule has 0 aliphatic carbocycles. The number of hydrogen-bond acceptors (Lipinski definition) is 5. The molecule has 1 aromatic rings. The number of aromatic nitrogens is 2. The Balaban J connectivity index is 1.69. The van der Waals surface area contributed by atoms with Crippen LogP contribution in [0.15, 0.2) is 12.4 Å². The second-order valence-corrected chi connectivity index (χ2v) is 8.32. The van der Waals surface area contributed by atoms with E-state index in [2.05, 4.69) is 21.8 Å². The zero-order chi connectivity index (χ0) is 16.3. The quantitative estimate of drug-likeness (QED) is 0.858. The molecule has 0 radical (unpaired) electrons. The summed E-state index contributed by atoms with van der Waals surface area (Å²) in [4.78, 5) is 9.75. The minimum Gasteiger partial charge on any atom is -0.381 e. The van der Waals surface area contributed by atoms with Gasteiger partial charge in [-0.2, -0.15) is 4.31 Å². The van der Waals surface area contributed by atoms with Gasteiger partial charge in [-0.15, -0.1) is 0 Å². The minimum absolute atomic E-state index is 0.00761. The van der Waals surface area contributed by atoms with Crippen LogP contribution in [0.1, 0.15) is 31.6 Å². The average molecular weight is 342 g/mol. The van der Waals surface area contributed by atoms with E-state index in [4.69, 9.17) is 4.74 Å². The summed E-state index contributed by atoms with van der Waals surface area (Å²) in [6, 6.07) is 0.00761. The Labute approximate surface area is 138 Å². The largest absolute Gasteiger partial charge is 0.381 e. The number of nitrogens with one attached hydrogen (secondary N) is 1. The van der Waals surface area contributed by atoms with Crippen LogP contribution in [0.5, 0.6) is 0 Å². The smallest absolute Gasteiger partial charge is 0.214 e. The number of aromatic amines is 1. The lowest BCUT2D eigenvalue weighted by atomic mass is 10.0. The van der Waals surface area contributed by atoms with Gasteiger partial charge in [0.1, 0.15) is 5.82 Å². The first kappa shape index (κ1) is 16.9. The third kappa shape index (κ3) is 3.93. The summed E-state index contributed by atoms with van der Waals surface area (Å²) in [7, 11) is -3.23. The van der Waals surface area contributed by atoms with Gasteiger partial charge in [-0.1, -0.05) is 6.92 Å². The Hall–Kier alpha value is -0.960. The standard InChI is InChI=1S/C15H26N4O3S/c1-2-18-7-8-19(11-14(18)15-16-5-6-17-15)23(20,21)12-13-3-9-22-10-4-13/h5-6,13-14H,2-4,7-12H2,1H3,(H,16,17)/t14-/m0/s1. The van der Waals surface area contributed by atoms with E-state index < -0.39 is 10.0 Å². The van der Waals surface area contributed by atoms with Crippen LogP contribution in [0.2, 0.25) is 0 Å². The summed E-state index contributed by atoms with van der Waals surface area (Å²) in [5.41, 5.74) is 0. The van der Waals surface area contributed by atoms with E-state index in [1.807, 2.05) is 0 Å². The Morgan fingerprint density at radius 3 is 2.78 bits per heavy atom. The first-order valence-corrected chi connectivity index (χ1v) is 10.00. The Bertz CT molecular complexity index is 584. The molecule has 0 amide bonds. The lowest BCUT2D eigenvalue weighted by Gasteiger charge is -2.39. The second-order valence-electron chi connectivity index (χ2n) is 6.31. The number of nitrogens with zero attached hydrogens (tertiary/aromatic N) is 3. The van der Waals surface area contributed by atoms with Crippen molar-refractivity contribution in [1.82, 2.24) is 19.2 Å². The third-order valence-corrected chi connectivity index (χ3v) is 6.89. The van der Waals surface area contributed by atoms with Gasteiger partial charge in [-0.05, 0) is 25.3 Å². The van der Waals surface area contributed by atoms with Gasteiger partial charge in [0.05, 0.1) is 11.8 Å². The fourth-order valence-electron chi connectivity index (χ4n) is 3.46. The number of ether oxygens (including phenoxy) is 1. The summed E-state index contributed by atoms with van der Waals surface area (Å²) < 4.78 is 32.6. The minimum atomic E-state index is -3.23. The molecule has 8 heteroatoms. The van der Waals surface area contributed by atoms with Gasteiger partial charge in [0.2, 0.25) is 10.0 Å². The highest BCUT2D eigenvalue weighted by Crippen LogP contribution is 2.26. The van der Waals surface area contributed by atoms with E-state index in [0.717, 1.165) is 31.8 Å². The highest BCUT2D eigenvalue weighted by molar-refractivity contribution is 7.89. The molecule has 0 saturated carbocycles. The molecule has 3 rings (SSSR count). The molecular weight excluding hydrogens is 316 g/mol. The average Bonchev–Trinajstić information content (AvgIpc) is 3.09. The fourth-order valence-corrected chi connectivity index (χ4v) is 5.33. The van der Waals surface area contributed by atoms with Crippen molar-refractivity contribution in [2.45, 2.75) is 25.8 Å². The van der Waals surface area contributed by atoms with Gasteiger partial charge in [-0.3, -0.25) is 4.90 Å². The maximum Gasteiger partial charge on any atom is 0.214 e. The number of piperazine rings is 1. The van der Waals surface area contributed by atoms with Gasteiger partial charge >= 0.3 is 0 Å². The van der Waals surface area contributed by atoms with E-state index in [-0.39, 0.29) is 17.7 Å². The third-order valence-electron chi connectivity index (χ3n) is 4.88. The van der Waals surface area contributed by atoms with Crippen molar-refractivity contribution in [2.24, 2.45) is 5.92 Å². The van der Waals surface area contributed by atoms with Gasteiger partial charge in [0, 0.05) is 45.2 Å². The van der Waals surface area contributed by atoms with Crippen molar-refractivity contribution in [3.8, 4) is 0 Å². The molecule has 0 aromatic carbocycles. The molecule has 2 aliphatic heterocycles. The Kier molecular flexibility index (Phi) is 5.35. The molecule has 7 nitrogen and oxygen atoms in total. The second kappa shape index (κ2) is 7.29. The van der Waals surface area contributed by atoms with E-state index in [1.54, 1.807) is 16.7 Å². The predicted molar refractivity (Wildman–Crippen MR) is 87.5 cm³/mol. The van der Waals surface area contributed by atoms with Crippen molar-refractivity contribution in [3.63, 3.8) is 0 Å². The summed E-state index contributed by atoms with van der Waals surface area (Å²) in [6.07, 6.45) is 5.20. The topological polar surface area (TPSA) is 78.5 Å². The van der Waals surface area contributed by atoms with Crippen LogP contribution in [0.3, 0.4) is 0 Å². The van der Waals surface area contributed by atoms with E-state index in [9.17, 15) is 8.42 Å². The monoisotopic (exact) mass is 342 g/mol. The van der Waals surface area contributed by atoms with Crippen molar-refractivity contribution >= 4 is 10.0 Å². The number of H-pyrrole nitrogens is 1. The first-order valence-electron chi connectivity index (χ1n) is 8.39. The van der Waals surface area contributed by atoms with Crippen LogP contribution in [0.4, 0.5) is 0 Å². The van der Waals surface area contributed by atoms with Gasteiger partial charge < -0.3 is 9.72 Å². The Morgan fingerprint density at radius 2 is 2.13 bits per heavy atom. The molecule has 2 fully saturated rings. The molecule has 23 heavy (non-hydrogen) atoms. The van der Waals surface area contributed by atoms with Crippen molar-refractivity contribution in [2.75, 3.05) is 45.1 Å². The molecule has 3 heterocycles. The Morgan fingerprint density at radius 1 is 1.35 bits per heavy atom. The molecule has 130 valence electrons. The van der Waals surface area contributed by atoms with E-state index in [0.29, 0.717) is 26.3 Å². The molecule has 2 saturated heterocycles. The number of rotatable bonds is 5. The van der Waals surface area contributed by atoms with E-state index >= 15 is 0 Å². The maximum atomic E-state index is 12.8. The molecule has 1 aromatic heterocycles. The van der Waals surface area contributed by atoms with Crippen LogP contribution >= 0.6 is 0 Å². The predicted octanol–water partition coefficient (Wildman–Crippen LogP) is 0.845. The number of likely N-dealkylation sites (N-methyl/N-ethyl adjacent to an activating group) is 1. The summed E-state index contributed by atoms with van der Waals surface area (Å²) >= 11 is 0. The van der Waals surface area contributed by atoms with E-state index in [1.165, 1.54) is 0 Å². The lowest BCUT2D eigenvalue weighted by Crippen LogP contribution is -2.51. The summed E-state index contributed by atoms with van der Waals surface area (Å²) in [6.45, 7) is 6.14. The molecular formula is C15H26N4O3S.